The number of aliphatic hydroxyl groups is 1. The van der Waals surface area contributed by atoms with Gasteiger partial charge in [0.1, 0.15) is 0 Å². The van der Waals surface area contributed by atoms with Gasteiger partial charge in [-0.05, 0) is 12.1 Å². The summed E-state index contributed by atoms with van der Waals surface area (Å²) in [5.74, 6) is 1.09. The van der Waals surface area contributed by atoms with Crippen LogP contribution in [0.2, 0.25) is 0 Å². The van der Waals surface area contributed by atoms with Crippen LogP contribution in [0.1, 0.15) is 6.42 Å². The topological polar surface area (TPSA) is 62.7 Å². The molecule has 2 rings (SSSR count). The van der Waals surface area contributed by atoms with Gasteiger partial charge in [-0.25, -0.2) is 4.98 Å². The number of hydrogen-bond donors (Lipinski definition) is 1. The van der Waals surface area contributed by atoms with Crippen molar-refractivity contribution in [3.63, 3.8) is 0 Å². The summed E-state index contributed by atoms with van der Waals surface area (Å²) in [5, 5.41) is 9.04. The number of nitrogens with zero attached hydrogens (tertiary/aromatic N) is 2. The molecule has 1 N–H and O–H groups in total. The monoisotopic (exact) mass is 222 g/mol. The summed E-state index contributed by atoms with van der Waals surface area (Å²) in [6.45, 7) is 0.528. The predicted octanol–water partition coefficient (Wildman–Crippen LogP) is 0.435. The molecule has 0 saturated carbocycles. The summed E-state index contributed by atoms with van der Waals surface area (Å²) in [6.07, 6.45) is 1.99. The first-order valence-electron chi connectivity index (χ1n) is 5.16. The highest BCUT2D eigenvalue weighted by Gasteiger charge is 2.32. The number of amides is 1. The molecular formula is C11H14N2O3. The Bertz CT molecular complexity index is 395. The lowest BCUT2D eigenvalue weighted by Gasteiger charge is -2.17. The minimum absolute atomic E-state index is 0.000729. The minimum atomic E-state index is -0.0175. The largest absolute Gasteiger partial charge is 0.493 e. The molecule has 1 atom stereocenters. The first-order chi connectivity index (χ1) is 7.76. The second-order valence-corrected chi connectivity index (χ2v) is 3.79. The molecule has 1 amide bonds. The van der Waals surface area contributed by atoms with Gasteiger partial charge in [0.2, 0.25) is 5.91 Å². The van der Waals surface area contributed by atoms with Crippen LogP contribution in [0.25, 0.3) is 0 Å². The van der Waals surface area contributed by atoms with E-state index in [2.05, 4.69) is 4.98 Å². The number of aliphatic hydroxyl groups excluding tert-OH is 1. The molecule has 0 radical (unpaired) electrons. The van der Waals surface area contributed by atoms with E-state index in [1.807, 2.05) is 0 Å². The van der Waals surface area contributed by atoms with Crippen molar-refractivity contribution in [2.75, 3.05) is 25.2 Å². The highest BCUT2D eigenvalue weighted by Crippen LogP contribution is 2.30. The second kappa shape index (κ2) is 4.49. The standard InChI is InChI=1S/C11H14N2O3/c1-16-9-3-2-4-12-11(9)13-6-8(7-14)5-10(13)15/h2-4,8,14H,5-7H2,1H3. The molecule has 2 heterocycles. The van der Waals surface area contributed by atoms with E-state index in [9.17, 15) is 4.79 Å². The van der Waals surface area contributed by atoms with Crippen LogP contribution in [-0.4, -0.2) is 36.3 Å². The molecule has 1 unspecified atom stereocenters. The molecular weight excluding hydrogens is 208 g/mol. The van der Waals surface area contributed by atoms with Gasteiger partial charge >= 0.3 is 0 Å². The van der Waals surface area contributed by atoms with E-state index < -0.39 is 0 Å². The Hall–Kier alpha value is -1.62. The van der Waals surface area contributed by atoms with Crippen molar-refractivity contribution in [3.05, 3.63) is 18.3 Å². The Morgan fingerprint density at radius 3 is 3.12 bits per heavy atom. The Morgan fingerprint density at radius 2 is 2.50 bits per heavy atom. The van der Waals surface area contributed by atoms with Gasteiger partial charge in [0, 0.05) is 31.7 Å². The molecule has 1 aromatic rings. The molecule has 0 bridgehead atoms. The average Bonchev–Trinajstić information content (AvgIpc) is 2.70. The summed E-state index contributed by atoms with van der Waals surface area (Å²) in [7, 11) is 1.55. The van der Waals surface area contributed by atoms with Gasteiger partial charge < -0.3 is 9.84 Å². The van der Waals surface area contributed by atoms with Gasteiger partial charge in [0.25, 0.3) is 0 Å². The van der Waals surface area contributed by atoms with Gasteiger partial charge in [0.15, 0.2) is 11.6 Å². The molecule has 0 spiro atoms. The lowest BCUT2D eigenvalue weighted by Crippen LogP contribution is -2.26. The van der Waals surface area contributed by atoms with Crippen LogP contribution in [0.5, 0.6) is 5.75 Å². The first kappa shape index (κ1) is 10.9. The summed E-state index contributed by atoms with van der Waals surface area (Å²) in [5.41, 5.74) is 0. The van der Waals surface area contributed by atoms with Crippen LogP contribution < -0.4 is 9.64 Å². The number of aromatic nitrogens is 1. The highest BCUT2D eigenvalue weighted by atomic mass is 16.5. The van der Waals surface area contributed by atoms with Gasteiger partial charge in [-0.3, -0.25) is 9.69 Å². The SMILES string of the molecule is COc1cccnc1N1CC(CO)CC1=O. The lowest BCUT2D eigenvalue weighted by molar-refractivity contribution is -0.117. The normalized spacial score (nSPS) is 20.2. The van der Waals surface area contributed by atoms with E-state index in [0.29, 0.717) is 24.5 Å². The zero-order valence-corrected chi connectivity index (χ0v) is 9.09. The van der Waals surface area contributed by atoms with Gasteiger partial charge in [0.05, 0.1) is 7.11 Å². The molecule has 1 aliphatic rings. The van der Waals surface area contributed by atoms with E-state index in [1.54, 1.807) is 30.3 Å². The highest BCUT2D eigenvalue weighted by molar-refractivity contribution is 5.96. The number of carbonyl (C=O) groups excluding carboxylic acids is 1. The summed E-state index contributed by atoms with van der Waals surface area (Å²) in [6, 6.07) is 3.52. The van der Waals surface area contributed by atoms with Crippen molar-refractivity contribution in [2.24, 2.45) is 5.92 Å². The van der Waals surface area contributed by atoms with E-state index in [0.717, 1.165) is 0 Å². The Balaban J connectivity index is 2.27. The second-order valence-electron chi connectivity index (χ2n) is 3.79. The molecule has 86 valence electrons. The van der Waals surface area contributed by atoms with E-state index in [-0.39, 0.29) is 18.4 Å². The third-order valence-electron chi connectivity index (χ3n) is 2.69. The summed E-state index contributed by atoms with van der Waals surface area (Å²) >= 11 is 0. The number of methoxy groups -OCH3 is 1. The number of pyridine rings is 1. The molecule has 16 heavy (non-hydrogen) atoms. The lowest BCUT2D eigenvalue weighted by atomic mass is 10.1. The molecule has 0 aromatic carbocycles. The zero-order valence-electron chi connectivity index (χ0n) is 9.09. The van der Waals surface area contributed by atoms with Crippen LogP contribution in [0.15, 0.2) is 18.3 Å². The molecule has 1 saturated heterocycles. The third kappa shape index (κ3) is 1.86. The molecule has 1 aromatic heterocycles. The van der Waals surface area contributed by atoms with Crippen molar-refractivity contribution in [3.8, 4) is 5.75 Å². The third-order valence-corrected chi connectivity index (χ3v) is 2.69. The van der Waals surface area contributed by atoms with Gasteiger partial charge in [-0.15, -0.1) is 0 Å². The molecule has 5 heteroatoms. The van der Waals surface area contributed by atoms with Crippen LogP contribution >= 0.6 is 0 Å². The number of carbonyl (C=O) groups is 1. The molecule has 1 fully saturated rings. The van der Waals surface area contributed by atoms with Crippen molar-refractivity contribution in [2.45, 2.75) is 6.42 Å². The van der Waals surface area contributed by atoms with Crippen LogP contribution in [0, 0.1) is 5.92 Å². The van der Waals surface area contributed by atoms with Crippen LogP contribution in [0.4, 0.5) is 5.82 Å². The fourth-order valence-corrected chi connectivity index (χ4v) is 1.85. The number of rotatable bonds is 3. The fraction of sp³-hybridized carbons (Fsp3) is 0.455. The van der Waals surface area contributed by atoms with Crippen molar-refractivity contribution >= 4 is 11.7 Å². The molecule has 0 aliphatic carbocycles. The summed E-state index contributed by atoms with van der Waals surface area (Å²) in [4.78, 5) is 17.4. The van der Waals surface area contributed by atoms with E-state index in [4.69, 9.17) is 9.84 Å². The maximum absolute atomic E-state index is 11.7. The average molecular weight is 222 g/mol. The van der Waals surface area contributed by atoms with E-state index in [1.165, 1.54) is 0 Å². The Kier molecular flexibility index (Phi) is 3.05. The Morgan fingerprint density at radius 1 is 1.69 bits per heavy atom. The molecule has 1 aliphatic heterocycles. The van der Waals surface area contributed by atoms with Crippen LogP contribution in [0.3, 0.4) is 0 Å². The minimum Gasteiger partial charge on any atom is -0.493 e. The fourth-order valence-electron chi connectivity index (χ4n) is 1.85. The summed E-state index contributed by atoms with van der Waals surface area (Å²) < 4.78 is 5.16. The quantitative estimate of drug-likeness (QED) is 0.805. The smallest absolute Gasteiger partial charge is 0.228 e. The van der Waals surface area contributed by atoms with Gasteiger partial charge in [-0.1, -0.05) is 0 Å². The maximum Gasteiger partial charge on any atom is 0.228 e. The Labute approximate surface area is 93.7 Å². The van der Waals surface area contributed by atoms with Crippen molar-refractivity contribution < 1.29 is 14.6 Å². The van der Waals surface area contributed by atoms with E-state index >= 15 is 0 Å². The van der Waals surface area contributed by atoms with Crippen molar-refractivity contribution in [1.82, 2.24) is 4.98 Å². The predicted molar refractivity (Wildman–Crippen MR) is 58.3 cm³/mol. The molecule has 5 nitrogen and oxygen atoms in total. The number of anilines is 1. The van der Waals surface area contributed by atoms with Gasteiger partial charge in [-0.2, -0.15) is 0 Å². The number of ether oxygens (including phenoxy) is 1. The first-order valence-corrected chi connectivity index (χ1v) is 5.16. The van der Waals surface area contributed by atoms with Crippen LogP contribution in [-0.2, 0) is 4.79 Å². The maximum atomic E-state index is 11.7. The zero-order chi connectivity index (χ0) is 11.5. The van der Waals surface area contributed by atoms with Crippen molar-refractivity contribution in [1.29, 1.82) is 0 Å². The number of hydrogen-bond acceptors (Lipinski definition) is 4.